The first-order chi connectivity index (χ1) is 6.65. The summed E-state index contributed by atoms with van der Waals surface area (Å²) in [5.74, 6) is -1.03. The molecule has 0 aliphatic heterocycles. The second-order valence-corrected chi connectivity index (χ2v) is 3.08. The lowest BCUT2D eigenvalue weighted by Gasteiger charge is -2.09. The number of aliphatic hydroxyl groups excluding tert-OH is 1. The van der Waals surface area contributed by atoms with Crippen LogP contribution in [-0.2, 0) is 17.8 Å². The Morgan fingerprint density at radius 1 is 1.36 bits per heavy atom. The maximum absolute atomic E-state index is 10.5. The van der Waals surface area contributed by atoms with E-state index in [0.29, 0.717) is 0 Å². The topological polar surface area (TPSA) is 83.5 Å². The maximum Gasteiger partial charge on any atom is 0.320 e. The number of hydrogen-bond donors (Lipinski definition) is 3. The Bertz CT molecular complexity index is 325. The van der Waals surface area contributed by atoms with Gasteiger partial charge in [-0.3, -0.25) is 4.79 Å². The summed E-state index contributed by atoms with van der Waals surface area (Å²) in [5.41, 5.74) is 6.90. The van der Waals surface area contributed by atoms with Crippen molar-refractivity contribution in [3.05, 3.63) is 35.4 Å². The van der Waals surface area contributed by atoms with Crippen molar-refractivity contribution in [3.63, 3.8) is 0 Å². The maximum atomic E-state index is 10.5. The van der Waals surface area contributed by atoms with Crippen LogP contribution in [0.5, 0.6) is 0 Å². The van der Waals surface area contributed by atoms with Crippen LogP contribution in [0.3, 0.4) is 0 Å². The fourth-order valence-corrected chi connectivity index (χ4v) is 1.24. The van der Waals surface area contributed by atoms with Crippen LogP contribution in [0.4, 0.5) is 0 Å². The average Bonchev–Trinajstić information content (AvgIpc) is 2.18. The Morgan fingerprint density at radius 2 is 1.93 bits per heavy atom. The van der Waals surface area contributed by atoms with Crippen LogP contribution in [0.1, 0.15) is 11.1 Å². The SMILES string of the molecule is NC(Cc1ccccc1CO)C(=O)O. The molecular formula is C10H13NO3. The molecule has 0 amide bonds. The molecule has 0 aliphatic rings. The molecule has 0 saturated carbocycles. The Labute approximate surface area is 82.0 Å². The number of carboxylic acids is 1. The van der Waals surface area contributed by atoms with Gasteiger partial charge in [-0.25, -0.2) is 0 Å². The second kappa shape index (κ2) is 4.74. The predicted molar refractivity (Wildman–Crippen MR) is 51.7 cm³/mol. The van der Waals surface area contributed by atoms with E-state index < -0.39 is 12.0 Å². The molecule has 1 unspecified atom stereocenters. The number of aliphatic hydroxyl groups is 1. The molecule has 0 aromatic heterocycles. The zero-order valence-corrected chi connectivity index (χ0v) is 7.68. The van der Waals surface area contributed by atoms with E-state index in [0.717, 1.165) is 11.1 Å². The molecule has 1 aromatic rings. The van der Waals surface area contributed by atoms with Gasteiger partial charge in [0, 0.05) is 0 Å². The van der Waals surface area contributed by atoms with E-state index in [9.17, 15) is 4.79 Å². The number of carboxylic acid groups (broad SMARTS) is 1. The van der Waals surface area contributed by atoms with Crippen molar-refractivity contribution in [2.24, 2.45) is 5.73 Å². The fourth-order valence-electron chi connectivity index (χ4n) is 1.24. The van der Waals surface area contributed by atoms with Crippen LogP contribution in [0.2, 0.25) is 0 Å². The Balaban J connectivity index is 2.80. The lowest BCUT2D eigenvalue weighted by atomic mass is 10.0. The molecule has 0 aliphatic carbocycles. The molecule has 4 nitrogen and oxygen atoms in total. The van der Waals surface area contributed by atoms with Gasteiger partial charge in [0.05, 0.1) is 6.61 Å². The molecule has 0 spiro atoms. The number of nitrogens with two attached hydrogens (primary N) is 1. The third-order valence-corrected chi connectivity index (χ3v) is 2.05. The van der Waals surface area contributed by atoms with Crippen molar-refractivity contribution in [1.29, 1.82) is 0 Å². The molecule has 0 bridgehead atoms. The van der Waals surface area contributed by atoms with E-state index in [-0.39, 0.29) is 13.0 Å². The monoisotopic (exact) mass is 195 g/mol. The molecule has 14 heavy (non-hydrogen) atoms. The molecule has 76 valence electrons. The highest BCUT2D eigenvalue weighted by molar-refractivity contribution is 5.73. The summed E-state index contributed by atoms with van der Waals surface area (Å²) >= 11 is 0. The minimum absolute atomic E-state index is 0.0947. The van der Waals surface area contributed by atoms with Crippen LogP contribution in [-0.4, -0.2) is 22.2 Å². The molecular weight excluding hydrogens is 182 g/mol. The molecule has 0 radical (unpaired) electrons. The zero-order chi connectivity index (χ0) is 10.6. The Kier molecular flexibility index (Phi) is 3.62. The fraction of sp³-hybridized carbons (Fsp3) is 0.300. The third kappa shape index (κ3) is 2.55. The van der Waals surface area contributed by atoms with Crippen LogP contribution in [0.25, 0.3) is 0 Å². The normalized spacial score (nSPS) is 12.4. The molecule has 1 atom stereocenters. The van der Waals surface area contributed by atoms with Crippen molar-refractivity contribution in [1.82, 2.24) is 0 Å². The summed E-state index contributed by atoms with van der Waals surface area (Å²) in [7, 11) is 0. The zero-order valence-electron chi connectivity index (χ0n) is 7.68. The molecule has 0 fully saturated rings. The molecule has 1 rings (SSSR count). The summed E-state index contributed by atoms with van der Waals surface area (Å²) in [5, 5.41) is 17.6. The van der Waals surface area contributed by atoms with Crippen LogP contribution in [0, 0.1) is 0 Å². The summed E-state index contributed by atoms with van der Waals surface area (Å²) in [6, 6.07) is 6.20. The lowest BCUT2D eigenvalue weighted by Crippen LogP contribution is -2.32. The van der Waals surface area contributed by atoms with Crippen molar-refractivity contribution in [2.45, 2.75) is 19.1 Å². The number of carbonyl (C=O) groups is 1. The Morgan fingerprint density at radius 3 is 2.43 bits per heavy atom. The molecule has 0 heterocycles. The highest BCUT2D eigenvalue weighted by Crippen LogP contribution is 2.10. The second-order valence-electron chi connectivity index (χ2n) is 3.08. The first-order valence-corrected chi connectivity index (χ1v) is 4.31. The highest BCUT2D eigenvalue weighted by atomic mass is 16.4. The van der Waals surface area contributed by atoms with Gasteiger partial charge in [-0.05, 0) is 17.5 Å². The van der Waals surface area contributed by atoms with Gasteiger partial charge < -0.3 is 15.9 Å². The molecule has 0 saturated heterocycles. The van der Waals surface area contributed by atoms with Gasteiger partial charge in [0.2, 0.25) is 0 Å². The smallest absolute Gasteiger partial charge is 0.320 e. The van der Waals surface area contributed by atoms with E-state index in [2.05, 4.69) is 0 Å². The average molecular weight is 195 g/mol. The molecule has 4 heteroatoms. The molecule has 1 aromatic carbocycles. The first kappa shape index (κ1) is 10.7. The number of aliphatic carboxylic acids is 1. The first-order valence-electron chi connectivity index (χ1n) is 4.31. The number of hydrogen-bond acceptors (Lipinski definition) is 3. The van der Waals surface area contributed by atoms with Gasteiger partial charge in [0.15, 0.2) is 0 Å². The van der Waals surface area contributed by atoms with E-state index in [1.807, 2.05) is 0 Å². The molecule has 4 N–H and O–H groups in total. The number of benzene rings is 1. The van der Waals surface area contributed by atoms with Crippen LogP contribution >= 0.6 is 0 Å². The standard InChI is InChI=1S/C10H13NO3/c11-9(10(13)14)5-7-3-1-2-4-8(7)6-12/h1-4,9,12H,5-6,11H2,(H,13,14). The van der Waals surface area contributed by atoms with E-state index in [1.54, 1.807) is 24.3 Å². The summed E-state index contributed by atoms with van der Waals surface area (Å²) in [6.45, 7) is -0.0947. The summed E-state index contributed by atoms with van der Waals surface area (Å²) < 4.78 is 0. The van der Waals surface area contributed by atoms with Crippen LogP contribution < -0.4 is 5.73 Å². The van der Waals surface area contributed by atoms with Crippen LogP contribution in [0.15, 0.2) is 24.3 Å². The van der Waals surface area contributed by atoms with Gasteiger partial charge in [0.25, 0.3) is 0 Å². The summed E-state index contributed by atoms with van der Waals surface area (Å²) in [6.07, 6.45) is 0.242. The number of rotatable bonds is 4. The largest absolute Gasteiger partial charge is 0.480 e. The van der Waals surface area contributed by atoms with E-state index in [4.69, 9.17) is 15.9 Å². The van der Waals surface area contributed by atoms with Gasteiger partial charge in [0.1, 0.15) is 6.04 Å². The Hall–Kier alpha value is -1.39. The van der Waals surface area contributed by atoms with Gasteiger partial charge >= 0.3 is 5.97 Å². The quantitative estimate of drug-likeness (QED) is 0.637. The van der Waals surface area contributed by atoms with Gasteiger partial charge in [-0.15, -0.1) is 0 Å². The van der Waals surface area contributed by atoms with Crippen molar-refractivity contribution < 1.29 is 15.0 Å². The minimum Gasteiger partial charge on any atom is -0.480 e. The van der Waals surface area contributed by atoms with E-state index in [1.165, 1.54) is 0 Å². The lowest BCUT2D eigenvalue weighted by molar-refractivity contribution is -0.138. The summed E-state index contributed by atoms with van der Waals surface area (Å²) in [4.78, 5) is 10.5. The predicted octanol–water partition coefficient (Wildman–Crippen LogP) is 0.133. The minimum atomic E-state index is -1.03. The highest BCUT2D eigenvalue weighted by Gasteiger charge is 2.13. The van der Waals surface area contributed by atoms with Crippen molar-refractivity contribution in [2.75, 3.05) is 0 Å². The van der Waals surface area contributed by atoms with E-state index >= 15 is 0 Å². The third-order valence-electron chi connectivity index (χ3n) is 2.05. The van der Waals surface area contributed by atoms with Gasteiger partial charge in [-0.2, -0.15) is 0 Å². The van der Waals surface area contributed by atoms with Crippen molar-refractivity contribution >= 4 is 5.97 Å². The van der Waals surface area contributed by atoms with Gasteiger partial charge in [-0.1, -0.05) is 24.3 Å². The van der Waals surface area contributed by atoms with Crippen molar-refractivity contribution in [3.8, 4) is 0 Å².